The molecular weight excluding hydrogens is 152 g/mol. The molecule has 0 aliphatic carbocycles. The van der Waals surface area contributed by atoms with Crippen LogP contribution in [0.5, 0.6) is 0 Å². The Morgan fingerprint density at radius 3 is 2.75 bits per heavy atom. The first-order chi connectivity index (χ1) is 5.65. The molecule has 0 spiro atoms. The Labute approximate surface area is 72.5 Å². The van der Waals surface area contributed by atoms with Crippen molar-refractivity contribution in [1.82, 2.24) is 10.6 Å². The third-order valence-electron chi connectivity index (χ3n) is 2.00. The molecule has 12 heavy (non-hydrogen) atoms. The van der Waals surface area contributed by atoms with Crippen LogP contribution in [0.4, 0.5) is 4.79 Å². The lowest BCUT2D eigenvalue weighted by Crippen LogP contribution is -2.46. The van der Waals surface area contributed by atoms with E-state index < -0.39 is 0 Å². The zero-order valence-corrected chi connectivity index (χ0v) is 7.64. The quantitative estimate of drug-likeness (QED) is 0.609. The Morgan fingerprint density at radius 2 is 2.17 bits per heavy atom. The maximum atomic E-state index is 11.0. The monoisotopic (exact) mass is 166 g/mol. The normalized spacial score (nSPS) is 24.2. The number of hydrogen-bond acceptors (Lipinski definition) is 1. The summed E-state index contributed by atoms with van der Waals surface area (Å²) in [7, 11) is 0. The van der Waals surface area contributed by atoms with Crippen LogP contribution in [0, 0.1) is 0 Å². The summed E-state index contributed by atoms with van der Waals surface area (Å²) in [6.45, 7) is 5.91. The second-order valence-electron chi connectivity index (χ2n) is 2.92. The van der Waals surface area contributed by atoms with Crippen molar-refractivity contribution in [1.29, 1.82) is 0 Å². The van der Waals surface area contributed by atoms with E-state index in [1.807, 2.05) is 32.9 Å². The van der Waals surface area contributed by atoms with E-state index in [0.717, 1.165) is 11.3 Å². The molecule has 2 amide bonds. The Morgan fingerprint density at radius 1 is 1.50 bits per heavy atom. The van der Waals surface area contributed by atoms with Gasteiger partial charge in [-0.15, -0.1) is 0 Å². The van der Waals surface area contributed by atoms with Crippen LogP contribution < -0.4 is 10.6 Å². The molecule has 0 saturated carbocycles. The molecule has 1 unspecified atom stereocenters. The first-order valence-electron chi connectivity index (χ1n) is 4.06. The lowest BCUT2D eigenvalue weighted by molar-refractivity contribution is 0.239. The second-order valence-corrected chi connectivity index (χ2v) is 2.92. The number of allylic oxidation sites excluding steroid dienone is 2. The van der Waals surface area contributed by atoms with Crippen LogP contribution in [-0.4, -0.2) is 12.1 Å². The van der Waals surface area contributed by atoms with Crippen LogP contribution in [0.2, 0.25) is 0 Å². The smallest absolute Gasteiger partial charge is 0.319 e. The molecular formula is C9H14N2O. The summed E-state index contributed by atoms with van der Waals surface area (Å²) < 4.78 is 0. The molecule has 3 heteroatoms. The second kappa shape index (κ2) is 3.43. The predicted octanol–water partition coefficient (Wildman–Crippen LogP) is 1.54. The third-order valence-corrected chi connectivity index (χ3v) is 2.00. The Kier molecular flexibility index (Phi) is 2.53. The molecule has 1 heterocycles. The molecule has 1 rings (SSSR count). The van der Waals surface area contributed by atoms with Crippen molar-refractivity contribution in [3.63, 3.8) is 0 Å². The highest BCUT2D eigenvalue weighted by molar-refractivity contribution is 5.79. The minimum Gasteiger partial charge on any atom is -0.332 e. The van der Waals surface area contributed by atoms with E-state index in [0.29, 0.717) is 0 Å². The van der Waals surface area contributed by atoms with Crippen molar-refractivity contribution in [2.45, 2.75) is 26.8 Å². The Bertz CT molecular complexity index is 253. The molecule has 0 fully saturated rings. The summed E-state index contributed by atoms with van der Waals surface area (Å²) in [6.07, 6.45) is 3.82. The summed E-state index contributed by atoms with van der Waals surface area (Å²) in [4.78, 5) is 11.0. The van der Waals surface area contributed by atoms with Gasteiger partial charge in [0.1, 0.15) is 0 Å². The van der Waals surface area contributed by atoms with Gasteiger partial charge in [0.15, 0.2) is 0 Å². The van der Waals surface area contributed by atoms with E-state index in [4.69, 9.17) is 0 Å². The van der Waals surface area contributed by atoms with Gasteiger partial charge in [-0.25, -0.2) is 4.79 Å². The van der Waals surface area contributed by atoms with Gasteiger partial charge in [0.05, 0.1) is 6.04 Å². The first-order valence-corrected chi connectivity index (χ1v) is 4.06. The zero-order valence-electron chi connectivity index (χ0n) is 7.64. The van der Waals surface area contributed by atoms with Crippen molar-refractivity contribution in [2.24, 2.45) is 0 Å². The van der Waals surface area contributed by atoms with Crippen LogP contribution in [0.25, 0.3) is 0 Å². The Balaban J connectivity index is 2.92. The number of urea groups is 1. The van der Waals surface area contributed by atoms with Gasteiger partial charge in [-0.3, -0.25) is 0 Å². The van der Waals surface area contributed by atoms with Gasteiger partial charge in [-0.2, -0.15) is 0 Å². The van der Waals surface area contributed by atoms with Gasteiger partial charge in [0, 0.05) is 5.70 Å². The fraction of sp³-hybridized carbons (Fsp3) is 0.444. The molecule has 66 valence electrons. The molecule has 0 bridgehead atoms. The number of nitrogens with one attached hydrogen (secondary N) is 2. The van der Waals surface area contributed by atoms with Crippen LogP contribution in [0.1, 0.15) is 20.8 Å². The molecule has 0 saturated heterocycles. The molecule has 0 aromatic heterocycles. The van der Waals surface area contributed by atoms with Crippen molar-refractivity contribution >= 4 is 6.03 Å². The van der Waals surface area contributed by atoms with Crippen molar-refractivity contribution in [3.05, 3.63) is 23.4 Å². The van der Waals surface area contributed by atoms with Gasteiger partial charge in [-0.05, 0) is 32.4 Å². The molecule has 0 aromatic carbocycles. The predicted molar refractivity (Wildman–Crippen MR) is 48.6 cm³/mol. The summed E-state index contributed by atoms with van der Waals surface area (Å²) in [6, 6.07) is 0.00569. The van der Waals surface area contributed by atoms with E-state index in [2.05, 4.69) is 10.6 Å². The fourth-order valence-electron chi connectivity index (χ4n) is 1.13. The van der Waals surface area contributed by atoms with E-state index in [1.54, 1.807) is 0 Å². The molecule has 2 N–H and O–H groups in total. The van der Waals surface area contributed by atoms with Crippen LogP contribution >= 0.6 is 0 Å². The highest BCUT2D eigenvalue weighted by Gasteiger charge is 2.17. The summed E-state index contributed by atoms with van der Waals surface area (Å²) in [5, 5.41) is 5.52. The van der Waals surface area contributed by atoms with Crippen LogP contribution in [0.15, 0.2) is 23.4 Å². The lowest BCUT2D eigenvalue weighted by Gasteiger charge is -2.24. The van der Waals surface area contributed by atoms with Crippen molar-refractivity contribution in [3.8, 4) is 0 Å². The molecule has 0 aromatic rings. The topological polar surface area (TPSA) is 41.1 Å². The summed E-state index contributed by atoms with van der Waals surface area (Å²) >= 11 is 0. The Hall–Kier alpha value is -1.25. The molecule has 0 radical (unpaired) electrons. The molecule has 1 aliphatic rings. The van der Waals surface area contributed by atoms with Gasteiger partial charge in [-0.1, -0.05) is 6.08 Å². The highest BCUT2D eigenvalue weighted by atomic mass is 16.2. The van der Waals surface area contributed by atoms with Crippen LogP contribution in [0.3, 0.4) is 0 Å². The van der Waals surface area contributed by atoms with Gasteiger partial charge in [0.25, 0.3) is 0 Å². The minimum atomic E-state index is -0.124. The number of hydrogen-bond donors (Lipinski definition) is 2. The highest BCUT2D eigenvalue weighted by Crippen LogP contribution is 2.11. The van der Waals surface area contributed by atoms with Gasteiger partial charge >= 0.3 is 6.03 Å². The maximum Gasteiger partial charge on any atom is 0.319 e. The average Bonchev–Trinajstić information content (AvgIpc) is 2.00. The molecule has 1 atom stereocenters. The number of amides is 2. The number of rotatable bonds is 1. The summed E-state index contributed by atoms with van der Waals surface area (Å²) in [5.74, 6) is 0. The maximum absolute atomic E-state index is 11.0. The summed E-state index contributed by atoms with van der Waals surface area (Å²) in [5.41, 5.74) is 2.07. The minimum absolute atomic E-state index is 0.124. The first kappa shape index (κ1) is 8.84. The van der Waals surface area contributed by atoms with E-state index >= 15 is 0 Å². The van der Waals surface area contributed by atoms with Crippen LogP contribution in [-0.2, 0) is 0 Å². The fourth-order valence-corrected chi connectivity index (χ4v) is 1.13. The number of carbonyl (C=O) groups excluding carboxylic acids is 1. The standard InChI is InChI=1S/C9H14N2O/c1-4-5-8-6(2)7(3)10-9(12)11-8/h4-5,7H,1-3H3,(H2,10,11,12)/b5-4+. The molecule has 3 nitrogen and oxygen atoms in total. The van der Waals surface area contributed by atoms with E-state index in [9.17, 15) is 4.79 Å². The SMILES string of the molecule is C/C=C/C1=C(C)C(C)NC(=O)N1. The van der Waals surface area contributed by atoms with Gasteiger partial charge < -0.3 is 10.6 Å². The average molecular weight is 166 g/mol. The third kappa shape index (κ3) is 1.67. The molecule has 1 aliphatic heterocycles. The van der Waals surface area contributed by atoms with Crippen molar-refractivity contribution in [2.75, 3.05) is 0 Å². The lowest BCUT2D eigenvalue weighted by atomic mass is 10.1. The largest absolute Gasteiger partial charge is 0.332 e. The van der Waals surface area contributed by atoms with Gasteiger partial charge in [0.2, 0.25) is 0 Å². The van der Waals surface area contributed by atoms with E-state index in [-0.39, 0.29) is 12.1 Å². The van der Waals surface area contributed by atoms with Crippen molar-refractivity contribution < 1.29 is 4.79 Å². The van der Waals surface area contributed by atoms with E-state index in [1.165, 1.54) is 0 Å². The number of carbonyl (C=O) groups is 1. The zero-order chi connectivity index (χ0) is 9.14.